The summed E-state index contributed by atoms with van der Waals surface area (Å²) in [4.78, 5) is 37.0. The van der Waals surface area contributed by atoms with Crippen LogP contribution in [0.1, 0.15) is 129 Å². The van der Waals surface area contributed by atoms with Crippen molar-refractivity contribution in [1.29, 1.82) is 0 Å². The number of ether oxygens (including phenoxy) is 3. The molecule has 2 unspecified atom stereocenters. The van der Waals surface area contributed by atoms with Crippen LogP contribution in [-0.4, -0.2) is 80.6 Å². The Morgan fingerprint density at radius 1 is 0.525 bits per heavy atom. The van der Waals surface area contributed by atoms with E-state index in [1.54, 1.807) is 0 Å². The van der Waals surface area contributed by atoms with Crippen molar-refractivity contribution in [2.75, 3.05) is 41.0 Å². The summed E-state index contributed by atoms with van der Waals surface area (Å²) in [6.45, 7) is 4.37. The molecule has 0 amide bonds. The van der Waals surface area contributed by atoms with Crippen LogP contribution in [0.3, 0.4) is 0 Å². The molecule has 330 valence electrons. The second-order valence-electron chi connectivity index (χ2n) is 15.3. The highest BCUT2D eigenvalue weighted by atomic mass is 16.6. The minimum atomic E-state index is -0.893. The minimum Gasteiger partial charge on any atom is -0.477 e. The van der Waals surface area contributed by atoms with Crippen LogP contribution in [0.5, 0.6) is 0 Å². The van der Waals surface area contributed by atoms with Crippen molar-refractivity contribution in [3.05, 3.63) is 122 Å². The van der Waals surface area contributed by atoms with E-state index in [1.165, 1.54) is 0 Å². The van der Waals surface area contributed by atoms with Crippen molar-refractivity contribution in [3.8, 4) is 0 Å². The molecule has 0 saturated carbocycles. The molecule has 0 aliphatic rings. The van der Waals surface area contributed by atoms with Crippen molar-refractivity contribution in [2.45, 2.75) is 142 Å². The topological polar surface area (TPSA) is 99.1 Å². The highest BCUT2D eigenvalue weighted by Crippen LogP contribution is 2.12. The quantitative estimate of drug-likeness (QED) is 0.0219. The van der Waals surface area contributed by atoms with Gasteiger partial charge >= 0.3 is 17.9 Å². The molecule has 0 radical (unpaired) electrons. The lowest BCUT2D eigenvalue weighted by molar-refractivity contribution is -0.887. The first-order chi connectivity index (χ1) is 28.6. The van der Waals surface area contributed by atoms with E-state index in [2.05, 4.69) is 86.8 Å². The van der Waals surface area contributed by atoms with Gasteiger partial charge in [0.1, 0.15) is 6.61 Å². The van der Waals surface area contributed by atoms with Crippen molar-refractivity contribution in [1.82, 2.24) is 0 Å². The number of carbonyl (C=O) groups is 3. The van der Waals surface area contributed by atoms with E-state index in [9.17, 15) is 19.5 Å². The van der Waals surface area contributed by atoms with Crippen LogP contribution >= 0.6 is 0 Å². The smallest absolute Gasteiger partial charge is 0.362 e. The van der Waals surface area contributed by atoms with Gasteiger partial charge in [-0.2, -0.15) is 0 Å². The summed E-state index contributed by atoms with van der Waals surface area (Å²) in [6.07, 6.45) is 56.7. The summed E-state index contributed by atoms with van der Waals surface area (Å²) in [5, 5.41) is 9.62. The Balaban J connectivity index is 4.50. The molecule has 0 aliphatic heterocycles. The Morgan fingerprint density at radius 2 is 0.983 bits per heavy atom. The number of carbonyl (C=O) groups excluding carboxylic acids is 2. The summed E-state index contributed by atoms with van der Waals surface area (Å²) in [5.41, 5.74) is 0. The molecule has 0 heterocycles. The molecule has 2 atom stereocenters. The molecule has 0 saturated heterocycles. The number of rotatable bonds is 37. The van der Waals surface area contributed by atoms with Gasteiger partial charge in [0.05, 0.1) is 34.4 Å². The van der Waals surface area contributed by atoms with Crippen LogP contribution in [0.15, 0.2) is 122 Å². The lowest BCUT2D eigenvalue weighted by Gasteiger charge is -2.31. The molecular formula is C51H80NO7+. The lowest BCUT2D eigenvalue weighted by Crippen LogP contribution is -2.50. The number of carboxylic acids is 1. The number of nitrogens with zero attached hydrogens (tertiary/aromatic N) is 1. The monoisotopic (exact) mass is 819 g/mol. The molecule has 0 aromatic rings. The average molecular weight is 819 g/mol. The fourth-order valence-corrected chi connectivity index (χ4v) is 5.61. The van der Waals surface area contributed by atoms with Crippen molar-refractivity contribution in [2.24, 2.45) is 0 Å². The number of allylic oxidation sites excluding steroid dienone is 20. The first-order valence-corrected chi connectivity index (χ1v) is 22.1. The van der Waals surface area contributed by atoms with Gasteiger partial charge in [-0.05, 0) is 77.0 Å². The van der Waals surface area contributed by atoms with Crippen LogP contribution in [-0.2, 0) is 28.6 Å². The zero-order valence-corrected chi connectivity index (χ0v) is 37.4. The van der Waals surface area contributed by atoms with Crippen LogP contribution in [0.25, 0.3) is 0 Å². The SMILES string of the molecule is CC/C=C/C=C/C=C/C=C/C=C/CCCCCC(=O)OCC(COCCC(C(=O)O)[N+](C)(C)C)OC(=O)CCCCCC/C=C/C/C=C/C/C=C/C/C=C/C/C=C/CC. The highest BCUT2D eigenvalue weighted by molar-refractivity contribution is 5.72. The third kappa shape index (κ3) is 39.0. The van der Waals surface area contributed by atoms with Crippen LogP contribution in [0, 0.1) is 0 Å². The summed E-state index contributed by atoms with van der Waals surface area (Å²) in [6, 6.07) is -0.635. The fraction of sp³-hybridized carbons (Fsp3) is 0.549. The molecule has 0 fully saturated rings. The molecular weight excluding hydrogens is 739 g/mol. The average Bonchev–Trinajstić information content (AvgIpc) is 3.19. The second kappa shape index (κ2) is 40.5. The summed E-state index contributed by atoms with van der Waals surface area (Å²) in [5.74, 6) is -1.58. The molecule has 0 aromatic heterocycles. The van der Waals surface area contributed by atoms with Gasteiger partial charge in [0.25, 0.3) is 0 Å². The number of quaternary nitrogens is 1. The van der Waals surface area contributed by atoms with E-state index < -0.39 is 18.1 Å². The highest BCUT2D eigenvalue weighted by Gasteiger charge is 2.31. The number of aliphatic carboxylic acids is 1. The van der Waals surface area contributed by atoms with Crippen LogP contribution in [0.2, 0.25) is 0 Å². The zero-order chi connectivity index (χ0) is 43.5. The molecule has 8 heteroatoms. The Bertz CT molecular complexity index is 1370. The van der Waals surface area contributed by atoms with Gasteiger partial charge in [0.15, 0.2) is 12.1 Å². The van der Waals surface area contributed by atoms with Crippen LogP contribution in [0.4, 0.5) is 0 Å². The maximum atomic E-state index is 12.7. The van der Waals surface area contributed by atoms with Gasteiger partial charge in [-0.15, -0.1) is 0 Å². The molecule has 0 aromatic carbocycles. The number of likely N-dealkylation sites (N-methyl/N-ethyl adjacent to an activating group) is 1. The normalized spacial score (nSPS) is 14.1. The number of carboxylic acid groups (broad SMARTS) is 1. The van der Waals surface area contributed by atoms with Crippen molar-refractivity contribution >= 4 is 17.9 Å². The van der Waals surface area contributed by atoms with Gasteiger partial charge < -0.3 is 23.8 Å². The second-order valence-corrected chi connectivity index (χ2v) is 15.3. The number of esters is 2. The Hall–Kier alpha value is -4.27. The predicted octanol–water partition coefficient (Wildman–Crippen LogP) is 12.2. The van der Waals surface area contributed by atoms with Gasteiger partial charge in [0, 0.05) is 19.3 Å². The van der Waals surface area contributed by atoms with Crippen LogP contribution < -0.4 is 0 Å². The largest absolute Gasteiger partial charge is 0.477 e. The molecule has 0 aliphatic carbocycles. The molecule has 8 nitrogen and oxygen atoms in total. The van der Waals surface area contributed by atoms with E-state index in [4.69, 9.17) is 14.2 Å². The van der Waals surface area contributed by atoms with E-state index in [1.807, 2.05) is 69.8 Å². The maximum Gasteiger partial charge on any atom is 0.362 e. The number of unbranched alkanes of at least 4 members (excludes halogenated alkanes) is 7. The number of hydrogen-bond donors (Lipinski definition) is 1. The minimum absolute atomic E-state index is 0.0271. The van der Waals surface area contributed by atoms with Gasteiger partial charge in [-0.1, -0.05) is 155 Å². The van der Waals surface area contributed by atoms with Gasteiger partial charge in [-0.25, -0.2) is 4.79 Å². The summed E-state index contributed by atoms with van der Waals surface area (Å²) in [7, 11) is 5.48. The Morgan fingerprint density at radius 3 is 1.53 bits per heavy atom. The number of hydrogen-bond acceptors (Lipinski definition) is 6. The first kappa shape index (κ1) is 54.7. The fourth-order valence-electron chi connectivity index (χ4n) is 5.61. The molecule has 59 heavy (non-hydrogen) atoms. The first-order valence-electron chi connectivity index (χ1n) is 22.1. The molecule has 0 rings (SSSR count). The molecule has 1 N–H and O–H groups in total. The van der Waals surface area contributed by atoms with Crippen molar-refractivity contribution < 1.29 is 38.2 Å². The zero-order valence-electron chi connectivity index (χ0n) is 37.4. The van der Waals surface area contributed by atoms with Gasteiger partial charge in [0.2, 0.25) is 0 Å². The molecule has 0 spiro atoms. The Labute approximate surface area is 359 Å². The standard InChI is InChI=1S/C51H79NO7/c1-6-8-10-12-14-16-18-20-22-23-24-25-26-28-30-32-34-36-38-40-42-50(54)59-47(45-57-44-43-48(51(55)56)52(3,4)5)46-58-49(53)41-39-37-35-33-31-29-27-21-19-17-15-13-11-9-7-2/h8-11,13-17,19-22,24-25,27-31,47-48H,6-7,12,18,23,26,32-46H2,1-5H3/p+1/b10-8+,11-9+,15-13+,16-14+,19-17+,22-20+,25-24+,27-21+,30-28+,31-29+. The van der Waals surface area contributed by atoms with Gasteiger partial charge in [-0.3, -0.25) is 9.59 Å². The lowest BCUT2D eigenvalue weighted by atomic mass is 10.1. The third-order valence-corrected chi connectivity index (χ3v) is 8.98. The molecule has 0 bridgehead atoms. The van der Waals surface area contributed by atoms with E-state index >= 15 is 0 Å². The van der Waals surface area contributed by atoms with Crippen molar-refractivity contribution in [3.63, 3.8) is 0 Å². The van der Waals surface area contributed by atoms with E-state index in [0.29, 0.717) is 19.3 Å². The predicted molar refractivity (Wildman–Crippen MR) is 247 cm³/mol. The van der Waals surface area contributed by atoms with E-state index in [0.717, 1.165) is 89.9 Å². The van der Waals surface area contributed by atoms with E-state index in [-0.39, 0.29) is 42.7 Å². The Kier molecular flexibility index (Phi) is 37.6. The summed E-state index contributed by atoms with van der Waals surface area (Å²) >= 11 is 0. The maximum absolute atomic E-state index is 12.7. The summed E-state index contributed by atoms with van der Waals surface area (Å²) < 4.78 is 17.2. The third-order valence-electron chi connectivity index (χ3n) is 8.98.